The number of ether oxygens (including phenoxy) is 1. The Hall–Kier alpha value is -1.75. The highest BCUT2D eigenvalue weighted by molar-refractivity contribution is 5.99. The van der Waals surface area contributed by atoms with Gasteiger partial charge >= 0.3 is 0 Å². The summed E-state index contributed by atoms with van der Waals surface area (Å²) in [4.78, 5) is 13.9. The second-order valence-corrected chi connectivity index (χ2v) is 4.62. The van der Waals surface area contributed by atoms with Gasteiger partial charge in [-0.25, -0.2) is 0 Å². The van der Waals surface area contributed by atoms with E-state index in [1.807, 2.05) is 6.92 Å². The molecular formula is C14H19NO4. The number of phenols is 2. The van der Waals surface area contributed by atoms with Gasteiger partial charge in [-0.15, -0.1) is 0 Å². The van der Waals surface area contributed by atoms with E-state index in [0.717, 1.165) is 12.8 Å². The lowest BCUT2D eigenvalue weighted by molar-refractivity contribution is 0.0144. The van der Waals surface area contributed by atoms with E-state index >= 15 is 0 Å². The lowest BCUT2D eigenvalue weighted by Crippen LogP contribution is -2.40. The van der Waals surface area contributed by atoms with E-state index < -0.39 is 0 Å². The number of hydrogen-bond acceptors (Lipinski definition) is 4. The van der Waals surface area contributed by atoms with E-state index in [0.29, 0.717) is 19.7 Å². The van der Waals surface area contributed by atoms with Gasteiger partial charge in [0.15, 0.2) is 0 Å². The Labute approximate surface area is 112 Å². The highest BCUT2D eigenvalue weighted by Gasteiger charge is 2.27. The highest BCUT2D eigenvalue weighted by atomic mass is 16.5. The van der Waals surface area contributed by atoms with Crippen molar-refractivity contribution >= 4 is 5.91 Å². The van der Waals surface area contributed by atoms with Crippen LogP contribution in [0, 0.1) is 0 Å². The van der Waals surface area contributed by atoms with Crippen LogP contribution < -0.4 is 0 Å². The number of carbonyl (C=O) groups excluding carboxylic acids is 1. The molecule has 1 amide bonds. The van der Waals surface area contributed by atoms with Gasteiger partial charge in [-0.05, 0) is 31.9 Å². The van der Waals surface area contributed by atoms with Crippen molar-refractivity contribution in [3.8, 4) is 11.5 Å². The van der Waals surface area contributed by atoms with Crippen molar-refractivity contribution in [1.29, 1.82) is 0 Å². The Morgan fingerprint density at radius 1 is 1.32 bits per heavy atom. The molecule has 1 fully saturated rings. The van der Waals surface area contributed by atoms with Gasteiger partial charge in [-0.3, -0.25) is 4.79 Å². The second-order valence-electron chi connectivity index (χ2n) is 4.62. The average molecular weight is 265 g/mol. The fourth-order valence-electron chi connectivity index (χ4n) is 2.37. The zero-order valence-electron chi connectivity index (χ0n) is 11.0. The fraction of sp³-hybridized carbons (Fsp3) is 0.500. The third-order valence-corrected chi connectivity index (χ3v) is 3.37. The molecule has 0 aliphatic carbocycles. The molecule has 104 valence electrons. The molecular weight excluding hydrogens is 246 g/mol. The quantitative estimate of drug-likeness (QED) is 0.873. The van der Waals surface area contributed by atoms with Crippen LogP contribution in [0.4, 0.5) is 0 Å². The molecule has 5 heteroatoms. The Bertz CT molecular complexity index is 433. The molecule has 1 saturated heterocycles. The first-order valence-electron chi connectivity index (χ1n) is 6.55. The van der Waals surface area contributed by atoms with Crippen LogP contribution in [0.15, 0.2) is 18.2 Å². The summed E-state index contributed by atoms with van der Waals surface area (Å²) in [6.07, 6.45) is 1.77. The SMILES string of the molecule is CCOC1CCN(C(=O)c2c(O)cccc2O)CC1. The minimum absolute atomic E-state index is 0.0163. The van der Waals surface area contributed by atoms with Gasteiger partial charge in [0.2, 0.25) is 0 Å². The third-order valence-electron chi connectivity index (χ3n) is 3.37. The number of phenolic OH excluding ortho intramolecular Hbond substituents is 2. The molecule has 1 aliphatic rings. The summed E-state index contributed by atoms with van der Waals surface area (Å²) in [6.45, 7) is 3.80. The van der Waals surface area contributed by atoms with Gasteiger partial charge < -0.3 is 19.8 Å². The summed E-state index contributed by atoms with van der Waals surface area (Å²) in [6, 6.07) is 4.31. The monoisotopic (exact) mass is 265 g/mol. The van der Waals surface area contributed by atoms with Crippen LogP contribution in [0.25, 0.3) is 0 Å². The number of nitrogens with zero attached hydrogens (tertiary/aromatic N) is 1. The standard InChI is InChI=1S/C14H19NO4/c1-2-19-10-6-8-15(9-7-10)14(18)13-11(16)4-3-5-12(13)17/h3-5,10,16-17H,2,6-9H2,1H3. The van der Waals surface area contributed by atoms with Crippen molar-refractivity contribution in [3.05, 3.63) is 23.8 Å². The molecule has 1 heterocycles. The van der Waals surface area contributed by atoms with Crippen LogP contribution >= 0.6 is 0 Å². The van der Waals surface area contributed by atoms with Crippen LogP contribution in [0.2, 0.25) is 0 Å². The molecule has 5 nitrogen and oxygen atoms in total. The van der Waals surface area contributed by atoms with E-state index in [-0.39, 0.29) is 29.1 Å². The summed E-state index contributed by atoms with van der Waals surface area (Å²) in [5.74, 6) is -0.695. The zero-order chi connectivity index (χ0) is 13.8. The summed E-state index contributed by atoms with van der Waals surface area (Å²) >= 11 is 0. The maximum absolute atomic E-state index is 12.3. The molecule has 0 spiro atoms. The van der Waals surface area contributed by atoms with Crippen LogP contribution in [-0.4, -0.2) is 46.8 Å². The summed E-state index contributed by atoms with van der Waals surface area (Å²) in [7, 11) is 0. The first-order valence-corrected chi connectivity index (χ1v) is 6.55. The topological polar surface area (TPSA) is 70.0 Å². The van der Waals surface area contributed by atoms with Gasteiger partial charge in [-0.1, -0.05) is 6.07 Å². The maximum atomic E-state index is 12.3. The first-order chi connectivity index (χ1) is 9.13. The zero-order valence-corrected chi connectivity index (χ0v) is 11.0. The molecule has 0 aromatic heterocycles. The Balaban J connectivity index is 2.05. The van der Waals surface area contributed by atoms with E-state index in [1.165, 1.54) is 18.2 Å². The lowest BCUT2D eigenvalue weighted by atomic mass is 10.1. The first kappa shape index (κ1) is 13.7. The minimum Gasteiger partial charge on any atom is -0.507 e. The molecule has 0 atom stereocenters. The van der Waals surface area contributed by atoms with E-state index in [1.54, 1.807) is 4.90 Å². The number of benzene rings is 1. The predicted molar refractivity (Wildman–Crippen MR) is 70.3 cm³/mol. The van der Waals surface area contributed by atoms with Gasteiger partial charge in [0.05, 0.1) is 6.10 Å². The van der Waals surface area contributed by atoms with Gasteiger partial charge in [0.1, 0.15) is 17.1 Å². The number of piperidine rings is 1. The predicted octanol–water partition coefficient (Wildman–Crippen LogP) is 1.74. The van der Waals surface area contributed by atoms with Crippen molar-refractivity contribution in [2.75, 3.05) is 19.7 Å². The number of aromatic hydroxyl groups is 2. The molecule has 0 saturated carbocycles. The molecule has 0 bridgehead atoms. The number of hydrogen-bond donors (Lipinski definition) is 2. The lowest BCUT2D eigenvalue weighted by Gasteiger charge is -2.32. The van der Waals surface area contributed by atoms with Crippen LogP contribution in [0.1, 0.15) is 30.1 Å². The molecule has 0 unspecified atom stereocenters. The van der Waals surface area contributed by atoms with Crippen molar-refractivity contribution < 1.29 is 19.7 Å². The van der Waals surface area contributed by atoms with Crippen molar-refractivity contribution in [2.24, 2.45) is 0 Å². The molecule has 2 N–H and O–H groups in total. The molecule has 19 heavy (non-hydrogen) atoms. The summed E-state index contributed by atoms with van der Waals surface area (Å²) in [5.41, 5.74) is -0.0163. The van der Waals surface area contributed by atoms with E-state index in [4.69, 9.17) is 4.74 Å². The van der Waals surface area contributed by atoms with Crippen molar-refractivity contribution in [3.63, 3.8) is 0 Å². The van der Waals surface area contributed by atoms with Crippen LogP contribution in [0.3, 0.4) is 0 Å². The molecule has 1 aliphatic heterocycles. The molecule has 2 rings (SSSR count). The fourth-order valence-corrected chi connectivity index (χ4v) is 2.37. The normalized spacial score (nSPS) is 16.6. The van der Waals surface area contributed by atoms with Crippen LogP contribution in [0.5, 0.6) is 11.5 Å². The second kappa shape index (κ2) is 5.93. The van der Waals surface area contributed by atoms with Gasteiger partial charge in [0.25, 0.3) is 5.91 Å². The van der Waals surface area contributed by atoms with Crippen molar-refractivity contribution in [1.82, 2.24) is 4.90 Å². The highest BCUT2D eigenvalue weighted by Crippen LogP contribution is 2.28. The third kappa shape index (κ3) is 2.98. The van der Waals surface area contributed by atoms with E-state index in [9.17, 15) is 15.0 Å². The number of amides is 1. The molecule has 0 radical (unpaired) electrons. The smallest absolute Gasteiger partial charge is 0.261 e. The summed E-state index contributed by atoms with van der Waals surface area (Å²) < 4.78 is 5.53. The minimum atomic E-state index is -0.328. The molecule has 1 aromatic carbocycles. The molecule has 1 aromatic rings. The maximum Gasteiger partial charge on any atom is 0.261 e. The van der Waals surface area contributed by atoms with Gasteiger partial charge in [-0.2, -0.15) is 0 Å². The average Bonchev–Trinajstić information content (AvgIpc) is 2.39. The number of rotatable bonds is 3. The summed E-state index contributed by atoms with van der Waals surface area (Å²) in [5, 5.41) is 19.4. The van der Waals surface area contributed by atoms with Gasteiger partial charge in [0, 0.05) is 19.7 Å². The Morgan fingerprint density at radius 3 is 2.42 bits per heavy atom. The largest absolute Gasteiger partial charge is 0.507 e. The number of carbonyl (C=O) groups is 1. The van der Waals surface area contributed by atoms with Crippen molar-refractivity contribution in [2.45, 2.75) is 25.9 Å². The Morgan fingerprint density at radius 2 is 1.89 bits per heavy atom. The Kier molecular flexibility index (Phi) is 4.27. The van der Waals surface area contributed by atoms with E-state index in [2.05, 4.69) is 0 Å². The number of likely N-dealkylation sites (tertiary alicyclic amines) is 1. The van der Waals surface area contributed by atoms with Crippen LogP contribution in [-0.2, 0) is 4.74 Å².